The number of benzene rings is 3. The summed E-state index contributed by atoms with van der Waals surface area (Å²) in [5.41, 5.74) is 2.98. The predicted octanol–water partition coefficient (Wildman–Crippen LogP) is 6.33. The van der Waals surface area contributed by atoms with Gasteiger partial charge in [-0.05, 0) is 76.2 Å². The molecule has 2 N–H and O–H groups in total. The molecule has 0 bridgehead atoms. The number of allylic oxidation sites excluding steroid dienone is 1. The number of halogens is 1. The maximum absolute atomic E-state index is 13.5. The molecule has 35 heavy (non-hydrogen) atoms. The minimum atomic E-state index is -3.86. The van der Waals surface area contributed by atoms with E-state index in [9.17, 15) is 13.2 Å². The minimum Gasteiger partial charge on any atom is -0.481 e. The van der Waals surface area contributed by atoms with Crippen molar-refractivity contribution in [3.63, 3.8) is 0 Å². The number of hydrogen-bond donors (Lipinski definition) is 2. The number of fused-ring (bicyclic) bond motifs is 1. The van der Waals surface area contributed by atoms with E-state index in [0.29, 0.717) is 27.5 Å². The average molecular weight is 598 g/mol. The number of carboxylic acids is 1. The zero-order valence-electron chi connectivity index (χ0n) is 18.7. The van der Waals surface area contributed by atoms with Crippen LogP contribution in [-0.4, -0.2) is 24.5 Å². The van der Waals surface area contributed by atoms with Gasteiger partial charge in [0.1, 0.15) is 4.90 Å². The maximum atomic E-state index is 13.5. The molecule has 1 heterocycles. The van der Waals surface area contributed by atoms with Crippen LogP contribution in [0.4, 0.5) is 5.69 Å². The second kappa shape index (κ2) is 11.0. The van der Waals surface area contributed by atoms with Gasteiger partial charge in [-0.15, -0.1) is 0 Å². The molecule has 0 aliphatic heterocycles. The van der Waals surface area contributed by atoms with Crippen LogP contribution in [0.1, 0.15) is 30.4 Å². The molecule has 0 aliphatic rings. The third-order valence-electron chi connectivity index (χ3n) is 5.44. The van der Waals surface area contributed by atoms with Gasteiger partial charge in [0.2, 0.25) is 0 Å². The number of hydrogen-bond acceptors (Lipinski definition) is 4. The van der Waals surface area contributed by atoms with Crippen molar-refractivity contribution in [3.8, 4) is 0 Å². The lowest BCUT2D eigenvalue weighted by atomic mass is 9.97. The van der Waals surface area contributed by atoms with Crippen molar-refractivity contribution >= 4 is 60.6 Å². The highest BCUT2D eigenvalue weighted by Crippen LogP contribution is 2.31. The lowest BCUT2D eigenvalue weighted by molar-refractivity contribution is -0.137. The Bertz CT molecular complexity index is 1500. The molecule has 0 saturated heterocycles. The van der Waals surface area contributed by atoms with Crippen LogP contribution in [0.5, 0.6) is 0 Å². The summed E-state index contributed by atoms with van der Waals surface area (Å²) in [7, 11) is -3.86. The van der Waals surface area contributed by atoms with Crippen molar-refractivity contribution in [1.82, 2.24) is 4.98 Å². The van der Waals surface area contributed by atoms with Crippen molar-refractivity contribution in [3.05, 3.63) is 106 Å². The Morgan fingerprint density at radius 3 is 2.57 bits per heavy atom. The van der Waals surface area contributed by atoms with Gasteiger partial charge in [0.15, 0.2) is 0 Å². The van der Waals surface area contributed by atoms with E-state index in [1.807, 2.05) is 77.2 Å². The van der Waals surface area contributed by atoms with E-state index < -0.39 is 16.0 Å². The SMILES string of the molecule is O=C(O)CCCC=C(c1cccnc1)c1cccc(NS(=O)(=O)c2c(I)ccc3ccccc23)c1. The smallest absolute Gasteiger partial charge is 0.303 e. The molecule has 6 nitrogen and oxygen atoms in total. The number of nitrogens with zero attached hydrogens (tertiary/aromatic N) is 1. The molecule has 0 saturated carbocycles. The van der Waals surface area contributed by atoms with Crippen molar-refractivity contribution in [2.75, 3.05) is 4.72 Å². The largest absolute Gasteiger partial charge is 0.481 e. The lowest BCUT2D eigenvalue weighted by Gasteiger charge is -2.14. The number of sulfonamides is 1. The molecule has 8 heteroatoms. The zero-order valence-corrected chi connectivity index (χ0v) is 21.7. The van der Waals surface area contributed by atoms with E-state index in [2.05, 4.69) is 9.71 Å². The monoisotopic (exact) mass is 598 g/mol. The average Bonchev–Trinajstić information content (AvgIpc) is 2.84. The highest BCUT2D eigenvalue weighted by Gasteiger charge is 2.21. The standard InChI is InChI=1S/C27H23IN2O4S/c28-25-15-14-19-7-1-2-12-24(19)27(25)35(33,34)30-22-10-5-8-20(17-22)23(11-3-4-13-26(31)32)21-9-6-16-29-18-21/h1-2,5-12,14-18,30H,3-4,13H2,(H,31,32). The molecule has 178 valence electrons. The normalized spacial score (nSPS) is 12.0. The fourth-order valence-electron chi connectivity index (χ4n) is 3.87. The number of unbranched alkanes of at least 4 members (excludes halogenated alkanes) is 1. The van der Waals surface area contributed by atoms with Crippen molar-refractivity contribution in [2.24, 2.45) is 0 Å². The van der Waals surface area contributed by atoms with Crippen LogP contribution < -0.4 is 4.72 Å². The van der Waals surface area contributed by atoms with Gasteiger partial charge in [-0.25, -0.2) is 8.42 Å². The van der Waals surface area contributed by atoms with Crippen LogP contribution in [0.3, 0.4) is 0 Å². The summed E-state index contributed by atoms with van der Waals surface area (Å²) in [6.07, 6.45) is 6.55. The number of carbonyl (C=O) groups is 1. The number of pyridine rings is 1. The zero-order chi connectivity index (χ0) is 24.8. The summed E-state index contributed by atoms with van der Waals surface area (Å²) < 4.78 is 30.3. The van der Waals surface area contributed by atoms with Gasteiger partial charge in [0.05, 0.1) is 0 Å². The van der Waals surface area contributed by atoms with Crippen LogP contribution >= 0.6 is 22.6 Å². The molecule has 0 unspecified atom stereocenters. The van der Waals surface area contributed by atoms with Gasteiger partial charge in [0, 0.05) is 39.0 Å². The predicted molar refractivity (Wildman–Crippen MR) is 147 cm³/mol. The van der Waals surface area contributed by atoms with Gasteiger partial charge in [-0.2, -0.15) is 0 Å². The molecule has 0 spiro atoms. The molecule has 0 radical (unpaired) electrons. The van der Waals surface area contributed by atoms with Crippen LogP contribution in [-0.2, 0) is 14.8 Å². The van der Waals surface area contributed by atoms with Crippen LogP contribution in [0.25, 0.3) is 16.3 Å². The Morgan fingerprint density at radius 2 is 1.80 bits per heavy atom. The fraction of sp³-hybridized carbons (Fsp3) is 0.111. The first-order chi connectivity index (χ1) is 16.8. The summed E-state index contributed by atoms with van der Waals surface area (Å²) >= 11 is 2.05. The van der Waals surface area contributed by atoms with E-state index in [4.69, 9.17) is 5.11 Å². The Labute approximate surface area is 217 Å². The second-order valence-electron chi connectivity index (χ2n) is 7.93. The maximum Gasteiger partial charge on any atom is 0.303 e. The number of nitrogens with one attached hydrogen (secondary N) is 1. The molecule has 0 atom stereocenters. The second-order valence-corrected chi connectivity index (χ2v) is 10.7. The van der Waals surface area contributed by atoms with Gasteiger partial charge in [-0.3, -0.25) is 14.5 Å². The van der Waals surface area contributed by atoms with Gasteiger partial charge >= 0.3 is 5.97 Å². The van der Waals surface area contributed by atoms with Crippen LogP contribution in [0.2, 0.25) is 0 Å². The number of aliphatic carboxylic acids is 1. The quantitative estimate of drug-likeness (QED) is 0.174. The summed E-state index contributed by atoms with van der Waals surface area (Å²) in [5, 5.41) is 10.5. The number of anilines is 1. The Hall–Kier alpha value is -3.24. The van der Waals surface area contributed by atoms with Gasteiger partial charge < -0.3 is 5.11 Å². The summed E-state index contributed by atoms with van der Waals surface area (Å²) in [6, 6.07) is 22.1. The third-order valence-corrected chi connectivity index (χ3v) is 8.19. The highest BCUT2D eigenvalue weighted by atomic mass is 127. The minimum absolute atomic E-state index is 0.0837. The molecule has 1 aromatic heterocycles. The first kappa shape index (κ1) is 24.9. The van der Waals surface area contributed by atoms with E-state index in [1.165, 1.54) is 0 Å². The van der Waals surface area contributed by atoms with Crippen LogP contribution in [0, 0.1) is 3.57 Å². The lowest BCUT2D eigenvalue weighted by Crippen LogP contribution is -2.15. The molecule has 4 aromatic rings. The molecule has 3 aromatic carbocycles. The van der Waals surface area contributed by atoms with Crippen molar-refractivity contribution < 1.29 is 18.3 Å². The highest BCUT2D eigenvalue weighted by molar-refractivity contribution is 14.1. The Morgan fingerprint density at radius 1 is 1.00 bits per heavy atom. The topological polar surface area (TPSA) is 96.4 Å². The summed E-state index contributed by atoms with van der Waals surface area (Å²) in [5.74, 6) is -0.833. The van der Waals surface area contributed by atoms with E-state index >= 15 is 0 Å². The van der Waals surface area contributed by atoms with Gasteiger partial charge in [0.25, 0.3) is 10.0 Å². The Kier molecular flexibility index (Phi) is 7.82. The number of rotatable bonds is 9. The molecule has 0 fully saturated rings. The van der Waals surface area contributed by atoms with E-state index in [1.54, 1.807) is 36.7 Å². The molecule has 4 rings (SSSR count). The number of aromatic nitrogens is 1. The van der Waals surface area contributed by atoms with E-state index in [0.717, 1.165) is 22.1 Å². The van der Waals surface area contributed by atoms with E-state index in [-0.39, 0.29) is 11.3 Å². The fourth-order valence-corrected chi connectivity index (χ4v) is 6.55. The summed E-state index contributed by atoms with van der Waals surface area (Å²) in [4.78, 5) is 15.3. The Balaban J connectivity index is 1.69. The molecular formula is C27H23IN2O4S. The number of carboxylic acid groups (broad SMARTS) is 1. The molecule has 0 aliphatic carbocycles. The molecule has 0 amide bonds. The molecular weight excluding hydrogens is 575 g/mol. The van der Waals surface area contributed by atoms with Gasteiger partial charge in [-0.1, -0.05) is 54.6 Å². The van der Waals surface area contributed by atoms with Crippen molar-refractivity contribution in [2.45, 2.75) is 24.2 Å². The first-order valence-electron chi connectivity index (χ1n) is 11.0. The van der Waals surface area contributed by atoms with Crippen LogP contribution in [0.15, 0.2) is 96.2 Å². The van der Waals surface area contributed by atoms with Crippen molar-refractivity contribution in [1.29, 1.82) is 0 Å². The third kappa shape index (κ3) is 6.07. The first-order valence-corrected chi connectivity index (χ1v) is 13.5. The summed E-state index contributed by atoms with van der Waals surface area (Å²) in [6.45, 7) is 0.